The number of hydrogen-bond donors (Lipinski definition) is 0. The maximum atomic E-state index is 13.2. The Labute approximate surface area is 136 Å². The van der Waals surface area contributed by atoms with Gasteiger partial charge in [0.15, 0.2) is 0 Å². The molecule has 0 aliphatic heterocycles. The van der Waals surface area contributed by atoms with Gasteiger partial charge in [-0.05, 0) is 12.5 Å². The van der Waals surface area contributed by atoms with E-state index in [9.17, 15) is 18.0 Å². The minimum absolute atomic E-state index is 0.0321. The highest BCUT2D eigenvalue weighted by molar-refractivity contribution is 7.11. The van der Waals surface area contributed by atoms with Crippen LogP contribution in [-0.2, 0) is 11.3 Å². The molecule has 0 aliphatic carbocycles. The third-order valence-electron chi connectivity index (χ3n) is 3.10. The first-order chi connectivity index (χ1) is 10.8. The lowest BCUT2D eigenvalue weighted by atomic mass is 10.0. The quantitative estimate of drug-likeness (QED) is 0.787. The molecule has 0 unspecified atom stereocenters. The summed E-state index contributed by atoms with van der Waals surface area (Å²) in [5, 5.41) is 0.844. The second-order valence-corrected chi connectivity index (χ2v) is 6.28. The molecule has 1 amide bonds. The van der Waals surface area contributed by atoms with Crippen molar-refractivity contribution in [2.24, 2.45) is 0 Å². The summed E-state index contributed by atoms with van der Waals surface area (Å²) in [5.74, 6) is -0.702. The number of likely N-dealkylation sites (N-methyl/N-ethyl adjacent to an activating group) is 1. The predicted molar refractivity (Wildman–Crippen MR) is 83.8 cm³/mol. The first-order valence-electron chi connectivity index (χ1n) is 6.78. The van der Waals surface area contributed by atoms with E-state index >= 15 is 0 Å². The number of amides is 1. The topological polar surface area (TPSA) is 33.2 Å². The number of hydrogen-bond acceptors (Lipinski definition) is 3. The molecular weight excluding hydrogens is 325 g/mol. The second-order valence-electron chi connectivity index (χ2n) is 4.96. The van der Waals surface area contributed by atoms with Crippen molar-refractivity contribution in [2.45, 2.75) is 19.6 Å². The fraction of sp³-hybridized carbons (Fsp3) is 0.250. The molecule has 0 aliphatic rings. The number of carbonyl (C=O) groups is 1. The minimum atomic E-state index is -4.60. The summed E-state index contributed by atoms with van der Waals surface area (Å²) in [6.07, 6.45) is -2.34. The van der Waals surface area contributed by atoms with Gasteiger partial charge < -0.3 is 4.90 Å². The largest absolute Gasteiger partial charge is 0.417 e. The summed E-state index contributed by atoms with van der Waals surface area (Å²) in [7, 11) is 1.47. The van der Waals surface area contributed by atoms with E-state index < -0.39 is 17.7 Å². The van der Waals surface area contributed by atoms with Gasteiger partial charge in [-0.2, -0.15) is 13.2 Å². The van der Waals surface area contributed by atoms with Crippen LogP contribution in [0, 0.1) is 6.92 Å². The SMILES string of the molecule is Cc1ncc(CN(C)C(=O)/C=C(\c2ccccc2)C(F)(F)F)s1. The maximum Gasteiger partial charge on any atom is 0.417 e. The van der Waals surface area contributed by atoms with Crippen LogP contribution in [0.1, 0.15) is 15.4 Å². The van der Waals surface area contributed by atoms with Crippen molar-refractivity contribution >= 4 is 22.8 Å². The highest BCUT2D eigenvalue weighted by atomic mass is 32.1. The molecular formula is C16H15F3N2OS. The molecule has 122 valence electrons. The van der Waals surface area contributed by atoms with E-state index in [1.165, 1.54) is 47.5 Å². The molecule has 7 heteroatoms. The van der Waals surface area contributed by atoms with Gasteiger partial charge in [0.25, 0.3) is 0 Å². The van der Waals surface area contributed by atoms with Crippen molar-refractivity contribution in [1.82, 2.24) is 9.88 Å². The highest BCUT2D eigenvalue weighted by Crippen LogP contribution is 2.33. The molecule has 3 nitrogen and oxygen atoms in total. The Morgan fingerprint density at radius 3 is 2.48 bits per heavy atom. The number of aryl methyl sites for hydroxylation is 1. The summed E-state index contributed by atoms with van der Waals surface area (Å²) in [4.78, 5) is 18.2. The molecule has 0 radical (unpaired) electrons. The van der Waals surface area contributed by atoms with E-state index in [4.69, 9.17) is 0 Å². The van der Waals surface area contributed by atoms with Gasteiger partial charge in [-0.15, -0.1) is 11.3 Å². The molecule has 0 spiro atoms. The van der Waals surface area contributed by atoms with E-state index in [0.717, 1.165) is 9.88 Å². The Hall–Kier alpha value is -2.15. The van der Waals surface area contributed by atoms with E-state index in [2.05, 4.69) is 4.98 Å². The zero-order valence-corrected chi connectivity index (χ0v) is 13.4. The molecule has 0 saturated heterocycles. The molecule has 2 rings (SSSR count). The fourth-order valence-electron chi connectivity index (χ4n) is 1.97. The van der Waals surface area contributed by atoms with Crippen LogP contribution < -0.4 is 0 Å². The van der Waals surface area contributed by atoms with Crippen LogP contribution >= 0.6 is 11.3 Å². The maximum absolute atomic E-state index is 13.2. The smallest absolute Gasteiger partial charge is 0.337 e. The number of halogens is 3. The molecule has 2 aromatic rings. The average Bonchev–Trinajstić information content (AvgIpc) is 2.89. The van der Waals surface area contributed by atoms with E-state index in [0.29, 0.717) is 6.08 Å². The van der Waals surface area contributed by atoms with Crippen LogP contribution in [-0.4, -0.2) is 29.0 Å². The number of allylic oxidation sites excluding steroid dienone is 1. The highest BCUT2D eigenvalue weighted by Gasteiger charge is 2.35. The molecule has 1 heterocycles. The van der Waals surface area contributed by atoms with Crippen LogP contribution in [0.5, 0.6) is 0 Å². The Balaban J connectivity index is 2.22. The summed E-state index contributed by atoms with van der Waals surface area (Å²) < 4.78 is 39.6. The van der Waals surface area contributed by atoms with Gasteiger partial charge in [0.2, 0.25) is 5.91 Å². The molecule has 0 N–H and O–H groups in total. The molecule has 1 aromatic carbocycles. The van der Waals surface area contributed by atoms with Crippen LogP contribution in [0.2, 0.25) is 0 Å². The summed E-state index contributed by atoms with van der Waals surface area (Å²) in [6.45, 7) is 2.05. The Kier molecular flexibility index (Phi) is 5.20. The number of rotatable bonds is 4. The zero-order chi connectivity index (χ0) is 17.0. The minimum Gasteiger partial charge on any atom is -0.337 e. The molecule has 0 atom stereocenters. The molecule has 0 fully saturated rings. The van der Waals surface area contributed by atoms with Gasteiger partial charge in [0.05, 0.1) is 17.1 Å². The average molecular weight is 340 g/mol. The molecule has 1 aromatic heterocycles. The third-order valence-corrected chi connectivity index (χ3v) is 3.99. The van der Waals surface area contributed by atoms with Gasteiger partial charge in [0, 0.05) is 24.2 Å². The summed E-state index contributed by atoms with van der Waals surface area (Å²) in [5.41, 5.74) is -0.981. The van der Waals surface area contributed by atoms with Crippen molar-refractivity contribution in [3.05, 3.63) is 58.1 Å². The number of benzene rings is 1. The van der Waals surface area contributed by atoms with Crippen LogP contribution in [0.25, 0.3) is 5.57 Å². The van der Waals surface area contributed by atoms with Gasteiger partial charge in [-0.25, -0.2) is 4.98 Å². The normalized spacial score (nSPS) is 12.3. The number of thiazole rings is 1. The van der Waals surface area contributed by atoms with E-state index in [1.807, 2.05) is 6.92 Å². The number of nitrogens with zero attached hydrogens (tertiary/aromatic N) is 2. The molecule has 0 saturated carbocycles. The number of alkyl halides is 3. The molecule has 23 heavy (non-hydrogen) atoms. The first-order valence-corrected chi connectivity index (χ1v) is 7.59. The van der Waals surface area contributed by atoms with Crippen molar-refractivity contribution in [2.75, 3.05) is 7.05 Å². The van der Waals surface area contributed by atoms with Gasteiger partial charge in [-0.3, -0.25) is 4.79 Å². The van der Waals surface area contributed by atoms with Gasteiger partial charge in [0.1, 0.15) is 0 Å². The monoisotopic (exact) mass is 340 g/mol. The van der Waals surface area contributed by atoms with Gasteiger partial charge in [-0.1, -0.05) is 30.3 Å². The third kappa shape index (κ3) is 4.66. The van der Waals surface area contributed by atoms with Crippen molar-refractivity contribution in [3.63, 3.8) is 0 Å². The van der Waals surface area contributed by atoms with E-state index in [-0.39, 0.29) is 12.1 Å². The van der Waals surface area contributed by atoms with Crippen LogP contribution in [0.4, 0.5) is 13.2 Å². The number of aromatic nitrogens is 1. The first kappa shape index (κ1) is 17.2. The standard InChI is InChI=1S/C16H15F3N2OS/c1-11-20-9-13(23-11)10-21(2)15(22)8-14(16(17,18)19)12-6-4-3-5-7-12/h3-9H,10H2,1-2H3/b14-8+. The van der Waals surface area contributed by atoms with Gasteiger partial charge >= 0.3 is 6.18 Å². The lowest BCUT2D eigenvalue weighted by Crippen LogP contribution is -2.25. The second kappa shape index (κ2) is 6.95. The van der Waals surface area contributed by atoms with Crippen molar-refractivity contribution in [1.29, 1.82) is 0 Å². The van der Waals surface area contributed by atoms with Crippen molar-refractivity contribution < 1.29 is 18.0 Å². The predicted octanol–water partition coefficient (Wildman–Crippen LogP) is 4.06. The lowest BCUT2D eigenvalue weighted by Gasteiger charge is -2.16. The van der Waals surface area contributed by atoms with Crippen LogP contribution in [0.15, 0.2) is 42.6 Å². The number of carbonyl (C=O) groups excluding carboxylic acids is 1. The van der Waals surface area contributed by atoms with Crippen molar-refractivity contribution in [3.8, 4) is 0 Å². The Bertz CT molecular complexity index is 708. The zero-order valence-electron chi connectivity index (χ0n) is 12.6. The van der Waals surface area contributed by atoms with E-state index in [1.54, 1.807) is 12.3 Å². The van der Waals surface area contributed by atoms with Crippen LogP contribution in [0.3, 0.4) is 0 Å². The lowest BCUT2D eigenvalue weighted by molar-refractivity contribution is -0.125. The summed E-state index contributed by atoms with van der Waals surface area (Å²) >= 11 is 1.41. The summed E-state index contributed by atoms with van der Waals surface area (Å²) in [6, 6.07) is 7.29. The fourth-order valence-corrected chi connectivity index (χ4v) is 2.82. The Morgan fingerprint density at radius 1 is 1.30 bits per heavy atom. The Morgan fingerprint density at radius 2 is 1.96 bits per heavy atom. The molecule has 0 bridgehead atoms.